The van der Waals surface area contributed by atoms with Crippen LogP contribution in [0.3, 0.4) is 0 Å². The molecular formula is C11H24N2O. The summed E-state index contributed by atoms with van der Waals surface area (Å²) in [4.78, 5) is 13.2. The summed E-state index contributed by atoms with van der Waals surface area (Å²) in [6.45, 7) is 9.73. The lowest BCUT2D eigenvalue weighted by molar-refractivity contribution is -0.124. The first-order valence-electron chi connectivity index (χ1n) is 5.82. The Morgan fingerprint density at radius 3 is 2.64 bits per heavy atom. The van der Waals surface area contributed by atoms with Gasteiger partial charge in [-0.15, -0.1) is 0 Å². The van der Waals surface area contributed by atoms with Crippen molar-refractivity contribution in [2.45, 2.75) is 40.0 Å². The summed E-state index contributed by atoms with van der Waals surface area (Å²) >= 11 is 0. The zero-order chi connectivity index (χ0) is 10.8. The third-order valence-electron chi connectivity index (χ3n) is 2.20. The highest BCUT2D eigenvalue weighted by molar-refractivity contribution is 5.78. The van der Waals surface area contributed by atoms with Crippen LogP contribution in [-0.2, 0) is 4.79 Å². The van der Waals surface area contributed by atoms with E-state index in [0.717, 1.165) is 19.6 Å². The Kier molecular flexibility index (Phi) is 8.64. The molecule has 0 aromatic carbocycles. The molecule has 0 aliphatic carbocycles. The number of piperazine rings is 1. The number of carbonyl (C=O) groups excluding carboxylic acids is 1. The number of nitrogens with one attached hydrogen (secondary N) is 1. The second-order valence-electron chi connectivity index (χ2n) is 3.33. The predicted molar refractivity (Wildman–Crippen MR) is 60.3 cm³/mol. The van der Waals surface area contributed by atoms with E-state index in [0.29, 0.717) is 6.54 Å². The number of hydrogen-bond donors (Lipinski definition) is 1. The zero-order valence-corrected chi connectivity index (χ0v) is 9.81. The lowest BCUT2D eigenvalue weighted by Gasteiger charge is -2.26. The van der Waals surface area contributed by atoms with Gasteiger partial charge in [-0.3, -0.25) is 9.69 Å². The third-order valence-corrected chi connectivity index (χ3v) is 2.20. The van der Waals surface area contributed by atoms with Gasteiger partial charge in [-0.2, -0.15) is 0 Å². The lowest BCUT2D eigenvalue weighted by Crippen LogP contribution is -2.47. The molecule has 84 valence electrons. The highest BCUT2D eigenvalue weighted by Gasteiger charge is 2.14. The van der Waals surface area contributed by atoms with Gasteiger partial charge in [-0.05, 0) is 13.0 Å². The highest BCUT2D eigenvalue weighted by Crippen LogP contribution is 1.99. The molecule has 1 aliphatic heterocycles. The van der Waals surface area contributed by atoms with Gasteiger partial charge in [0.2, 0.25) is 5.91 Å². The van der Waals surface area contributed by atoms with Crippen LogP contribution in [0.4, 0.5) is 0 Å². The summed E-state index contributed by atoms with van der Waals surface area (Å²) in [5.74, 6) is 0.178. The van der Waals surface area contributed by atoms with E-state index in [-0.39, 0.29) is 5.91 Å². The number of nitrogens with zero attached hydrogens (tertiary/aromatic N) is 1. The molecule has 14 heavy (non-hydrogen) atoms. The number of rotatable bonds is 4. The number of unbranched alkanes of at least 4 members (excludes halogenated alkanes) is 2. The highest BCUT2D eigenvalue weighted by atomic mass is 16.2. The minimum absolute atomic E-state index is 0.178. The van der Waals surface area contributed by atoms with Gasteiger partial charge in [0.1, 0.15) is 0 Å². The second kappa shape index (κ2) is 9.00. The summed E-state index contributed by atoms with van der Waals surface area (Å²) in [5, 5.41) is 2.82. The van der Waals surface area contributed by atoms with Crippen LogP contribution in [0.5, 0.6) is 0 Å². The molecule has 0 spiro atoms. The predicted octanol–water partition coefficient (Wildman–Crippen LogP) is 1.63. The molecule has 0 saturated carbocycles. The Hall–Kier alpha value is -0.570. The first-order valence-corrected chi connectivity index (χ1v) is 5.82. The van der Waals surface area contributed by atoms with E-state index in [4.69, 9.17) is 0 Å². The van der Waals surface area contributed by atoms with Crippen LogP contribution in [0.1, 0.15) is 40.0 Å². The van der Waals surface area contributed by atoms with Crippen LogP contribution in [-0.4, -0.2) is 37.0 Å². The van der Waals surface area contributed by atoms with Crippen molar-refractivity contribution in [1.29, 1.82) is 0 Å². The monoisotopic (exact) mass is 200 g/mol. The summed E-state index contributed by atoms with van der Waals surface area (Å²) in [7, 11) is 0. The minimum atomic E-state index is 0.178. The minimum Gasteiger partial charge on any atom is -0.354 e. The Labute approximate surface area is 87.9 Å². The van der Waals surface area contributed by atoms with E-state index in [2.05, 4.69) is 17.1 Å². The molecule has 0 atom stereocenters. The molecule has 1 rings (SSSR count). The average Bonchev–Trinajstić information content (AvgIpc) is 2.21. The molecule has 1 aliphatic rings. The van der Waals surface area contributed by atoms with Gasteiger partial charge in [0.25, 0.3) is 0 Å². The van der Waals surface area contributed by atoms with Gasteiger partial charge in [0.15, 0.2) is 0 Å². The molecule has 3 nitrogen and oxygen atoms in total. The normalized spacial score (nSPS) is 16.9. The van der Waals surface area contributed by atoms with E-state index in [1.165, 1.54) is 19.3 Å². The smallest absolute Gasteiger partial charge is 0.234 e. The van der Waals surface area contributed by atoms with E-state index in [1.54, 1.807) is 0 Å². The summed E-state index contributed by atoms with van der Waals surface area (Å²) in [6, 6.07) is 0. The van der Waals surface area contributed by atoms with Gasteiger partial charge in [-0.25, -0.2) is 0 Å². The first-order chi connectivity index (χ1) is 6.83. The van der Waals surface area contributed by atoms with E-state index >= 15 is 0 Å². The Morgan fingerprint density at radius 2 is 2.07 bits per heavy atom. The van der Waals surface area contributed by atoms with Gasteiger partial charge in [0.05, 0.1) is 6.54 Å². The summed E-state index contributed by atoms with van der Waals surface area (Å²) in [5.41, 5.74) is 0. The van der Waals surface area contributed by atoms with Crippen molar-refractivity contribution in [2.75, 3.05) is 26.2 Å². The largest absolute Gasteiger partial charge is 0.354 e. The van der Waals surface area contributed by atoms with Gasteiger partial charge in [-0.1, -0.05) is 33.6 Å². The van der Waals surface area contributed by atoms with Crippen LogP contribution in [0.2, 0.25) is 0 Å². The van der Waals surface area contributed by atoms with E-state index < -0.39 is 0 Å². The van der Waals surface area contributed by atoms with Crippen LogP contribution in [0.25, 0.3) is 0 Å². The van der Waals surface area contributed by atoms with Crippen LogP contribution in [0.15, 0.2) is 0 Å². The van der Waals surface area contributed by atoms with Crippen molar-refractivity contribution < 1.29 is 4.79 Å². The van der Waals surface area contributed by atoms with Crippen molar-refractivity contribution in [3.05, 3.63) is 0 Å². The van der Waals surface area contributed by atoms with E-state index in [1.807, 2.05) is 13.8 Å². The van der Waals surface area contributed by atoms with Crippen molar-refractivity contribution in [3.63, 3.8) is 0 Å². The maximum absolute atomic E-state index is 11.0. The molecule has 1 fully saturated rings. The van der Waals surface area contributed by atoms with Crippen LogP contribution >= 0.6 is 0 Å². The van der Waals surface area contributed by atoms with Crippen LogP contribution in [0, 0.1) is 0 Å². The molecule has 0 aromatic rings. The standard InChI is InChI=1S/C9H18N2O.C2H6/c1-2-3-4-6-11-7-5-10-9(12)8-11;1-2/h2-8H2,1H3,(H,10,12);1-2H3. The van der Waals surface area contributed by atoms with Crippen molar-refractivity contribution in [2.24, 2.45) is 0 Å². The maximum atomic E-state index is 11.0. The molecule has 0 aromatic heterocycles. The quantitative estimate of drug-likeness (QED) is 0.700. The Morgan fingerprint density at radius 1 is 1.36 bits per heavy atom. The van der Waals surface area contributed by atoms with Gasteiger partial charge >= 0.3 is 0 Å². The van der Waals surface area contributed by atoms with Gasteiger partial charge < -0.3 is 5.32 Å². The number of hydrogen-bond acceptors (Lipinski definition) is 2. The zero-order valence-electron chi connectivity index (χ0n) is 9.81. The topological polar surface area (TPSA) is 32.3 Å². The summed E-state index contributed by atoms with van der Waals surface area (Å²) in [6.07, 6.45) is 3.75. The summed E-state index contributed by atoms with van der Waals surface area (Å²) < 4.78 is 0. The maximum Gasteiger partial charge on any atom is 0.234 e. The number of carbonyl (C=O) groups is 1. The average molecular weight is 200 g/mol. The van der Waals surface area contributed by atoms with Crippen molar-refractivity contribution >= 4 is 5.91 Å². The molecule has 1 saturated heterocycles. The fourth-order valence-corrected chi connectivity index (χ4v) is 1.47. The number of amides is 1. The Balaban J connectivity index is 0.000000791. The third kappa shape index (κ3) is 5.97. The van der Waals surface area contributed by atoms with Crippen LogP contribution < -0.4 is 5.32 Å². The van der Waals surface area contributed by atoms with Crippen molar-refractivity contribution in [3.8, 4) is 0 Å². The molecule has 0 bridgehead atoms. The van der Waals surface area contributed by atoms with Gasteiger partial charge in [0, 0.05) is 13.1 Å². The molecule has 3 heteroatoms. The molecule has 0 radical (unpaired) electrons. The second-order valence-corrected chi connectivity index (χ2v) is 3.33. The molecule has 0 unspecified atom stereocenters. The molecular weight excluding hydrogens is 176 g/mol. The molecule has 1 heterocycles. The first kappa shape index (κ1) is 13.4. The van der Waals surface area contributed by atoms with E-state index in [9.17, 15) is 4.79 Å². The fraction of sp³-hybridized carbons (Fsp3) is 0.909. The van der Waals surface area contributed by atoms with Crippen molar-refractivity contribution in [1.82, 2.24) is 10.2 Å². The fourth-order valence-electron chi connectivity index (χ4n) is 1.47. The lowest BCUT2D eigenvalue weighted by atomic mass is 10.2. The molecule has 1 N–H and O–H groups in total. The Bertz CT molecular complexity index is 148. The molecule has 1 amide bonds. The SMILES string of the molecule is CC.CCCCCN1CCNC(=O)C1.